The molecule has 0 spiro atoms. The molecule has 0 amide bonds. The first kappa shape index (κ1) is 18.8. The lowest BCUT2D eigenvalue weighted by molar-refractivity contribution is -0.149. The Bertz CT molecular complexity index is 692. The molecule has 3 saturated carbocycles. The van der Waals surface area contributed by atoms with Crippen LogP contribution in [-0.2, 0) is 14.3 Å². The van der Waals surface area contributed by atoms with Crippen molar-refractivity contribution in [2.45, 2.75) is 77.7 Å². The Balaban J connectivity index is 1.47. The van der Waals surface area contributed by atoms with Gasteiger partial charge >= 0.3 is 11.9 Å². The summed E-state index contributed by atoms with van der Waals surface area (Å²) in [6, 6.07) is 0. The molecule has 4 aliphatic carbocycles. The van der Waals surface area contributed by atoms with Crippen molar-refractivity contribution in [3.63, 3.8) is 0 Å². The Morgan fingerprint density at radius 1 is 1.15 bits per heavy atom. The number of allylic oxidation sites excluding steroid dienone is 2. The quantitative estimate of drug-likeness (QED) is 0.563. The maximum absolute atomic E-state index is 11.9. The van der Waals surface area contributed by atoms with Gasteiger partial charge in [-0.15, -0.1) is 0 Å². The minimum atomic E-state index is -0.966. The number of hydrogen-bond acceptors (Lipinski definition) is 3. The summed E-state index contributed by atoms with van der Waals surface area (Å²) in [6.07, 6.45) is 15.1. The molecule has 4 rings (SSSR count). The predicted molar refractivity (Wildman–Crippen MR) is 103 cm³/mol. The number of carbonyl (C=O) groups excluding carboxylic acids is 1. The van der Waals surface area contributed by atoms with Gasteiger partial charge in [0.1, 0.15) is 6.10 Å². The number of hydrogen-bond donors (Lipinski definition) is 1. The van der Waals surface area contributed by atoms with E-state index in [1.54, 1.807) is 0 Å². The van der Waals surface area contributed by atoms with Crippen molar-refractivity contribution in [2.24, 2.45) is 28.6 Å². The Morgan fingerprint density at radius 2 is 1.96 bits per heavy atom. The summed E-state index contributed by atoms with van der Waals surface area (Å²) in [6.45, 7) is 4.91. The van der Waals surface area contributed by atoms with E-state index in [1.807, 2.05) is 6.08 Å². The van der Waals surface area contributed by atoms with Gasteiger partial charge in [-0.2, -0.15) is 0 Å². The van der Waals surface area contributed by atoms with E-state index in [2.05, 4.69) is 26.0 Å². The third kappa shape index (κ3) is 3.25. The first-order chi connectivity index (χ1) is 12.8. The Morgan fingerprint density at radius 3 is 2.74 bits per heavy atom. The lowest BCUT2D eigenvalue weighted by atomic mass is 9.48. The average Bonchev–Trinajstić information content (AvgIpc) is 3.02. The number of rotatable bonds is 4. The van der Waals surface area contributed by atoms with Gasteiger partial charge in [0.2, 0.25) is 0 Å². The molecule has 148 valence electrons. The maximum Gasteiger partial charge on any atom is 0.307 e. The van der Waals surface area contributed by atoms with E-state index in [9.17, 15) is 9.59 Å². The normalized spacial score (nSPS) is 42.5. The van der Waals surface area contributed by atoms with Crippen LogP contribution < -0.4 is 0 Å². The monoisotopic (exact) mass is 372 g/mol. The zero-order chi connectivity index (χ0) is 19.2. The molecule has 0 aliphatic heterocycles. The maximum atomic E-state index is 11.9. The number of aliphatic carboxylic acids is 1. The second-order valence-electron chi connectivity index (χ2n) is 9.68. The lowest BCUT2D eigenvalue weighted by Gasteiger charge is -2.56. The van der Waals surface area contributed by atoms with Crippen molar-refractivity contribution in [2.75, 3.05) is 0 Å². The zero-order valence-electron chi connectivity index (χ0n) is 16.6. The van der Waals surface area contributed by atoms with Crippen LogP contribution in [0.2, 0.25) is 0 Å². The first-order valence-electron chi connectivity index (χ1n) is 10.6. The summed E-state index contributed by atoms with van der Waals surface area (Å²) in [5.74, 6) is 1.02. The molecule has 3 fully saturated rings. The molecular weight excluding hydrogens is 340 g/mol. The van der Waals surface area contributed by atoms with Gasteiger partial charge in [0.05, 0.1) is 12.8 Å². The predicted octanol–water partition coefficient (Wildman–Crippen LogP) is 4.89. The highest BCUT2D eigenvalue weighted by Crippen LogP contribution is 2.64. The molecular formula is C23H32O4. The molecule has 4 nitrogen and oxygen atoms in total. The fourth-order valence-corrected chi connectivity index (χ4v) is 6.79. The molecule has 1 N–H and O–H groups in total. The molecule has 0 bridgehead atoms. The van der Waals surface area contributed by atoms with Crippen LogP contribution in [0.1, 0.15) is 71.6 Å². The third-order valence-electron chi connectivity index (χ3n) is 8.24. The van der Waals surface area contributed by atoms with Gasteiger partial charge in [-0.25, -0.2) is 0 Å². The van der Waals surface area contributed by atoms with Crippen LogP contribution in [0.4, 0.5) is 0 Å². The third-order valence-corrected chi connectivity index (χ3v) is 8.24. The van der Waals surface area contributed by atoms with Gasteiger partial charge in [0, 0.05) is 5.41 Å². The van der Waals surface area contributed by atoms with E-state index in [0.29, 0.717) is 11.3 Å². The second kappa shape index (κ2) is 6.79. The average molecular weight is 373 g/mol. The number of ether oxygens (including phenoxy) is 1. The second-order valence-corrected chi connectivity index (χ2v) is 9.68. The van der Waals surface area contributed by atoms with Crippen molar-refractivity contribution < 1.29 is 19.4 Å². The van der Waals surface area contributed by atoms with Gasteiger partial charge in [-0.1, -0.05) is 31.9 Å². The van der Waals surface area contributed by atoms with Gasteiger partial charge in [0.15, 0.2) is 0 Å². The summed E-state index contributed by atoms with van der Waals surface area (Å²) in [4.78, 5) is 22.5. The Kier molecular flexibility index (Phi) is 4.72. The summed E-state index contributed by atoms with van der Waals surface area (Å²) in [7, 11) is 0. The van der Waals surface area contributed by atoms with Crippen molar-refractivity contribution in [1.82, 2.24) is 0 Å². The van der Waals surface area contributed by atoms with Crippen LogP contribution in [-0.4, -0.2) is 23.1 Å². The highest BCUT2D eigenvalue weighted by molar-refractivity contribution is 5.76. The van der Waals surface area contributed by atoms with E-state index in [-0.39, 0.29) is 24.4 Å². The highest BCUT2D eigenvalue weighted by Gasteiger charge is 2.55. The SMILES string of the molecule is C[C@@]12CCC[C@H]1[C@@H]1CCC3=CC(OC(=O)CCC(=O)O)C=C[C@]3(C)[C@H]1CC2. The molecule has 4 heteroatoms. The van der Waals surface area contributed by atoms with Crippen molar-refractivity contribution in [1.29, 1.82) is 0 Å². The smallest absolute Gasteiger partial charge is 0.307 e. The van der Waals surface area contributed by atoms with Crippen molar-refractivity contribution in [3.05, 3.63) is 23.8 Å². The molecule has 0 aromatic heterocycles. The van der Waals surface area contributed by atoms with E-state index in [0.717, 1.165) is 18.3 Å². The number of fused-ring (bicyclic) bond motifs is 5. The highest BCUT2D eigenvalue weighted by atomic mass is 16.5. The van der Waals surface area contributed by atoms with Crippen molar-refractivity contribution in [3.8, 4) is 0 Å². The standard InChI is InChI=1S/C23H32O4/c1-22-11-3-4-18(22)17-6-5-15-14-16(27-21(26)8-7-20(24)25)9-13-23(15,2)19(17)10-12-22/h9,13-14,16-19H,3-8,10-12H2,1-2H3,(H,24,25)/t16?,17-,18-,19-,22-,23-/m0/s1. The van der Waals surface area contributed by atoms with E-state index < -0.39 is 11.9 Å². The molecule has 0 aromatic carbocycles. The van der Waals surface area contributed by atoms with Gasteiger partial charge in [-0.05, 0) is 73.8 Å². The number of esters is 1. The van der Waals surface area contributed by atoms with E-state index in [1.165, 1.54) is 44.1 Å². The van der Waals surface area contributed by atoms with Crippen LogP contribution in [0.3, 0.4) is 0 Å². The fourth-order valence-electron chi connectivity index (χ4n) is 6.79. The number of carboxylic acid groups (broad SMARTS) is 1. The molecule has 27 heavy (non-hydrogen) atoms. The summed E-state index contributed by atoms with van der Waals surface area (Å²) >= 11 is 0. The molecule has 0 saturated heterocycles. The Labute approximate surface area is 162 Å². The topological polar surface area (TPSA) is 63.6 Å². The Hall–Kier alpha value is -1.58. The van der Waals surface area contributed by atoms with Gasteiger partial charge in [0.25, 0.3) is 0 Å². The van der Waals surface area contributed by atoms with Gasteiger partial charge in [-0.3, -0.25) is 9.59 Å². The summed E-state index contributed by atoms with van der Waals surface area (Å²) in [5.41, 5.74) is 2.08. The van der Waals surface area contributed by atoms with Gasteiger partial charge < -0.3 is 9.84 Å². The molecule has 0 radical (unpaired) electrons. The van der Waals surface area contributed by atoms with Crippen LogP contribution >= 0.6 is 0 Å². The first-order valence-corrected chi connectivity index (χ1v) is 10.6. The summed E-state index contributed by atoms with van der Waals surface area (Å²) in [5, 5.41) is 8.72. The number of carbonyl (C=O) groups is 2. The fraction of sp³-hybridized carbons (Fsp3) is 0.739. The molecule has 0 aromatic rings. The summed E-state index contributed by atoms with van der Waals surface area (Å²) < 4.78 is 5.49. The largest absolute Gasteiger partial charge is 0.481 e. The van der Waals surface area contributed by atoms with Crippen LogP contribution in [0.25, 0.3) is 0 Å². The molecule has 0 heterocycles. The minimum absolute atomic E-state index is 0.0644. The van der Waals surface area contributed by atoms with E-state index >= 15 is 0 Å². The van der Waals surface area contributed by atoms with E-state index in [4.69, 9.17) is 9.84 Å². The number of carboxylic acids is 1. The molecule has 1 unspecified atom stereocenters. The zero-order valence-corrected chi connectivity index (χ0v) is 16.6. The van der Waals surface area contributed by atoms with Crippen LogP contribution in [0.15, 0.2) is 23.8 Å². The lowest BCUT2D eigenvalue weighted by Crippen LogP contribution is -2.48. The minimum Gasteiger partial charge on any atom is -0.481 e. The molecule has 4 aliphatic rings. The van der Waals surface area contributed by atoms with Crippen LogP contribution in [0.5, 0.6) is 0 Å². The van der Waals surface area contributed by atoms with Crippen LogP contribution in [0, 0.1) is 28.6 Å². The molecule has 6 atom stereocenters. The van der Waals surface area contributed by atoms with Crippen molar-refractivity contribution >= 4 is 11.9 Å².